The van der Waals surface area contributed by atoms with Crippen molar-refractivity contribution in [3.05, 3.63) is 58.9 Å². The van der Waals surface area contributed by atoms with E-state index in [2.05, 4.69) is 34.7 Å². The van der Waals surface area contributed by atoms with Crippen LogP contribution in [0.5, 0.6) is 0 Å². The number of benzene rings is 1. The van der Waals surface area contributed by atoms with Gasteiger partial charge in [0.05, 0.1) is 12.5 Å². The summed E-state index contributed by atoms with van der Waals surface area (Å²) in [4.78, 5) is 42.9. The number of likely N-dealkylation sites (tertiary alicyclic amines) is 1. The van der Waals surface area contributed by atoms with Crippen LogP contribution in [0.1, 0.15) is 73.7 Å². The molecule has 2 atom stereocenters. The molecule has 2 aromatic rings. The first-order valence-electron chi connectivity index (χ1n) is 13.0. The number of pyridine rings is 1. The third-order valence-electron chi connectivity index (χ3n) is 7.33. The van der Waals surface area contributed by atoms with Gasteiger partial charge in [0.25, 0.3) is 0 Å². The number of fused-ring (bicyclic) bond motifs is 1. The summed E-state index contributed by atoms with van der Waals surface area (Å²) in [6.07, 6.45) is 9.49. The number of hydrogen-bond acceptors (Lipinski definition) is 5. The Hall–Kier alpha value is -3.42. The minimum absolute atomic E-state index is 0.118. The standard InChI is InChI=1S/C28H36N4O4/c1-2-23-19(9-10-20-6-4-14-30-28(20)23)11-12-22-8-5-15-32(22)26(34)17-25(33)31-24(16-27(35)36)21-7-3-13-29-18-21/h3,7,9-10,13,18,22,24,30H,2,4-6,8,11-12,14-17H2,1H3,(H,31,33)(H,35,36). The van der Waals surface area contributed by atoms with Crippen LogP contribution in [0.25, 0.3) is 0 Å². The molecule has 1 saturated heterocycles. The average Bonchev–Trinajstić information content (AvgIpc) is 3.36. The first-order chi connectivity index (χ1) is 17.5. The Balaban J connectivity index is 1.36. The quantitative estimate of drug-likeness (QED) is 0.437. The lowest BCUT2D eigenvalue weighted by atomic mass is 9.91. The Morgan fingerprint density at radius 3 is 2.86 bits per heavy atom. The highest BCUT2D eigenvalue weighted by Gasteiger charge is 2.30. The van der Waals surface area contributed by atoms with E-state index >= 15 is 0 Å². The molecule has 0 bridgehead atoms. The highest BCUT2D eigenvalue weighted by atomic mass is 16.4. The Kier molecular flexibility index (Phi) is 8.57. The first-order valence-corrected chi connectivity index (χ1v) is 13.0. The normalized spacial score (nSPS) is 17.7. The summed E-state index contributed by atoms with van der Waals surface area (Å²) < 4.78 is 0. The van der Waals surface area contributed by atoms with Gasteiger partial charge in [0.15, 0.2) is 0 Å². The smallest absolute Gasteiger partial charge is 0.305 e. The summed E-state index contributed by atoms with van der Waals surface area (Å²) in [6, 6.07) is 7.30. The lowest BCUT2D eigenvalue weighted by Crippen LogP contribution is -2.40. The number of carboxylic acid groups (broad SMARTS) is 1. The fourth-order valence-electron chi connectivity index (χ4n) is 5.58. The van der Waals surface area contributed by atoms with E-state index in [0.717, 1.165) is 45.1 Å². The molecule has 192 valence electrons. The van der Waals surface area contributed by atoms with Crippen molar-refractivity contribution in [2.45, 2.75) is 76.8 Å². The molecule has 0 saturated carbocycles. The van der Waals surface area contributed by atoms with Gasteiger partial charge in [-0.2, -0.15) is 0 Å². The van der Waals surface area contributed by atoms with Gasteiger partial charge in [-0.15, -0.1) is 0 Å². The van der Waals surface area contributed by atoms with Crippen LogP contribution in [0, 0.1) is 0 Å². The second-order valence-corrected chi connectivity index (χ2v) is 9.72. The van der Waals surface area contributed by atoms with E-state index in [-0.39, 0.29) is 24.8 Å². The largest absolute Gasteiger partial charge is 0.481 e. The van der Waals surface area contributed by atoms with Crippen molar-refractivity contribution < 1.29 is 19.5 Å². The predicted molar refractivity (Wildman–Crippen MR) is 138 cm³/mol. The zero-order valence-electron chi connectivity index (χ0n) is 21.0. The number of nitrogens with one attached hydrogen (secondary N) is 2. The van der Waals surface area contributed by atoms with E-state index < -0.39 is 17.9 Å². The summed E-state index contributed by atoms with van der Waals surface area (Å²) in [5, 5.41) is 15.6. The number of carbonyl (C=O) groups excluding carboxylic acids is 2. The van der Waals surface area contributed by atoms with Gasteiger partial charge < -0.3 is 20.6 Å². The molecular weight excluding hydrogens is 456 g/mol. The topological polar surface area (TPSA) is 112 Å². The number of aromatic nitrogens is 1. The first kappa shape index (κ1) is 25.7. The zero-order valence-corrected chi connectivity index (χ0v) is 21.0. The SMILES string of the molecule is CCc1c(CCC2CCCN2C(=O)CC(=O)NC(CC(=O)O)c2cccnc2)ccc2c1NCCC2. The van der Waals surface area contributed by atoms with E-state index in [9.17, 15) is 19.5 Å². The van der Waals surface area contributed by atoms with Crippen LogP contribution in [0.2, 0.25) is 0 Å². The molecule has 2 aliphatic rings. The van der Waals surface area contributed by atoms with Gasteiger partial charge in [-0.25, -0.2) is 0 Å². The highest BCUT2D eigenvalue weighted by Crippen LogP contribution is 2.31. The molecule has 4 rings (SSSR count). The van der Waals surface area contributed by atoms with Crippen molar-refractivity contribution in [3.63, 3.8) is 0 Å². The Morgan fingerprint density at radius 1 is 1.25 bits per heavy atom. The van der Waals surface area contributed by atoms with Gasteiger partial charge in [0.1, 0.15) is 6.42 Å². The maximum atomic E-state index is 13.1. The van der Waals surface area contributed by atoms with E-state index in [0.29, 0.717) is 12.1 Å². The number of aryl methyl sites for hydroxylation is 2. The number of nitrogens with zero attached hydrogens (tertiary/aromatic N) is 2. The number of rotatable bonds is 10. The molecule has 3 N–H and O–H groups in total. The highest BCUT2D eigenvalue weighted by molar-refractivity contribution is 5.97. The summed E-state index contributed by atoms with van der Waals surface area (Å²) in [5.74, 6) is -1.69. The minimum atomic E-state index is -1.03. The fraction of sp³-hybridized carbons (Fsp3) is 0.500. The monoisotopic (exact) mass is 492 g/mol. The Labute approximate surface area is 212 Å². The molecule has 2 aliphatic heterocycles. The number of carboxylic acids is 1. The maximum absolute atomic E-state index is 13.1. The molecule has 0 aliphatic carbocycles. The fourth-order valence-corrected chi connectivity index (χ4v) is 5.58. The summed E-state index contributed by atoms with van der Waals surface area (Å²) >= 11 is 0. The van der Waals surface area contributed by atoms with Crippen molar-refractivity contribution in [3.8, 4) is 0 Å². The molecule has 8 heteroatoms. The van der Waals surface area contributed by atoms with Crippen LogP contribution in [0.4, 0.5) is 5.69 Å². The minimum Gasteiger partial charge on any atom is -0.481 e. The third kappa shape index (κ3) is 6.22. The summed E-state index contributed by atoms with van der Waals surface area (Å²) in [5.41, 5.74) is 6.05. The van der Waals surface area contributed by atoms with Crippen molar-refractivity contribution in [1.82, 2.24) is 15.2 Å². The van der Waals surface area contributed by atoms with E-state index in [1.165, 1.54) is 35.0 Å². The van der Waals surface area contributed by atoms with Crippen LogP contribution >= 0.6 is 0 Å². The number of amides is 2. The van der Waals surface area contributed by atoms with Crippen LogP contribution in [-0.4, -0.2) is 51.9 Å². The second-order valence-electron chi connectivity index (χ2n) is 9.72. The molecule has 1 aromatic carbocycles. The second kappa shape index (κ2) is 12.0. The molecular formula is C28H36N4O4. The van der Waals surface area contributed by atoms with Crippen molar-refractivity contribution >= 4 is 23.5 Å². The number of anilines is 1. The van der Waals surface area contributed by atoms with Gasteiger partial charge in [-0.3, -0.25) is 19.4 Å². The molecule has 0 spiro atoms. The number of carbonyl (C=O) groups is 3. The van der Waals surface area contributed by atoms with Gasteiger partial charge >= 0.3 is 5.97 Å². The summed E-state index contributed by atoms with van der Waals surface area (Å²) in [6.45, 7) is 3.87. The van der Waals surface area contributed by atoms with Gasteiger partial charge in [-0.05, 0) is 73.3 Å². The lowest BCUT2D eigenvalue weighted by Gasteiger charge is -2.27. The number of hydrogen-bond donors (Lipinski definition) is 3. The molecule has 2 unspecified atom stereocenters. The van der Waals surface area contributed by atoms with Crippen LogP contribution in [0.15, 0.2) is 36.7 Å². The molecule has 2 amide bonds. The summed E-state index contributed by atoms with van der Waals surface area (Å²) in [7, 11) is 0. The molecule has 1 aromatic heterocycles. The Bertz CT molecular complexity index is 1090. The third-order valence-corrected chi connectivity index (χ3v) is 7.33. The predicted octanol–water partition coefficient (Wildman–Crippen LogP) is 3.65. The van der Waals surface area contributed by atoms with Crippen molar-refractivity contribution in [2.75, 3.05) is 18.4 Å². The van der Waals surface area contributed by atoms with E-state index in [1.807, 2.05) is 4.90 Å². The van der Waals surface area contributed by atoms with Gasteiger partial charge in [0, 0.05) is 37.2 Å². The zero-order chi connectivity index (χ0) is 25.5. The average molecular weight is 493 g/mol. The maximum Gasteiger partial charge on any atom is 0.305 e. The van der Waals surface area contributed by atoms with Gasteiger partial charge in [-0.1, -0.05) is 25.1 Å². The van der Waals surface area contributed by atoms with E-state index in [4.69, 9.17) is 0 Å². The molecule has 8 nitrogen and oxygen atoms in total. The van der Waals surface area contributed by atoms with Crippen LogP contribution in [0.3, 0.4) is 0 Å². The van der Waals surface area contributed by atoms with Crippen molar-refractivity contribution in [1.29, 1.82) is 0 Å². The van der Waals surface area contributed by atoms with Crippen molar-refractivity contribution in [2.24, 2.45) is 0 Å². The molecule has 0 radical (unpaired) electrons. The Morgan fingerprint density at radius 2 is 2.11 bits per heavy atom. The molecule has 1 fully saturated rings. The van der Waals surface area contributed by atoms with Crippen LogP contribution < -0.4 is 10.6 Å². The number of aliphatic carboxylic acids is 1. The van der Waals surface area contributed by atoms with Crippen LogP contribution in [-0.2, 0) is 33.6 Å². The van der Waals surface area contributed by atoms with Gasteiger partial charge in [0.2, 0.25) is 11.8 Å². The molecule has 36 heavy (non-hydrogen) atoms. The van der Waals surface area contributed by atoms with E-state index in [1.54, 1.807) is 18.3 Å². The molecule has 3 heterocycles. The lowest BCUT2D eigenvalue weighted by molar-refractivity contribution is -0.138.